The quantitative estimate of drug-likeness (QED) is 0.447. The number of ether oxygens (including phenoxy) is 1. The highest BCUT2D eigenvalue weighted by Crippen LogP contribution is 2.31. The summed E-state index contributed by atoms with van der Waals surface area (Å²) >= 11 is 0. The summed E-state index contributed by atoms with van der Waals surface area (Å²) in [5.41, 5.74) is 0.296. The van der Waals surface area contributed by atoms with Gasteiger partial charge in [-0.25, -0.2) is 0 Å². The Labute approximate surface area is 62.6 Å². The Hall–Kier alpha value is -0.153. The van der Waals surface area contributed by atoms with Gasteiger partial charge >= 0.3 is 0 Å². The van der Waals surface area contributed by atoms with Crippen molar-refractivity contribution in [2.45, 2.75) is 38.4 Å². The van der Waals surface area contributed by atoms with Crippen molar-refractivity contribution in [1.29, 1.82) is 0 Å². The molecule has 0 saturated carbocycles. The van der Waals surface area contributed by atoms with Crippen LogP contribution in [0.3, 0.4) is 0 Å². The maximum absolute atomic E-state index is 10.8. The molecule has 0 amide bonds. The van der Waals surface area contributed by atoms with E-state index in [4.69, 9.17) is 4.74 Å². The van der Waals surface area contributed by atoms with E-state index in [2.05, 4.69) is 19.6 Å². The van der Waals surface area contributed by atoms with Crippen LogP contribution in [0.15, 0.2) is 0 Å². The van der Waals surface area contributed by atoms with E-state index in [0.717, 1.165) is 0 Å². The maximum atomic E-state index is 10.8. The van der Waals surface area contributed by atoms with Crippen molar-refractivity contribution in [3.63, 3.8) is 0 Å². The summed E-state index contributed by atoms with van der Waals surface area (Å²) in [6.45, 7) is 8.27. The highest BCUT2D eigenvalue weighted by Gasteiger charge is 2.50. The predicted octanol–water partition coefficient (Wildman–Crippen LogP) is 1.22. The number of carbonyl (C=O) groups excluding carboxylic acids is 1. The first-order valence-corrected chi connectivity index (χ1v) is 7.16. The van der Waals surface area contributed by atoms with Crippen molar-refractivity contribution < 1.29 is 9.53 Å². The Bertz CT molecular complexity index is 159. The minimum atomic E-state index is -1.19. The number of epoxide rings is 1. The molecule has 1 fully saturated rings. The van der Waals surface area contributed by atoms with E-state index >= 15 is 0 Å². The standard InChI is InChI=1S/C7H14O2Si/c1-5(8)6-7(9-6)10(2,3)4/h6-7H,1-4H3/t6-,7-/m0/s1. The van der Waals surface area contributed by atoms with Gasteiger partial charge in [0, 0.05) is 0 Å². The lowest BCUT2D eigenvalue weighted by Crippen LogP contribution is -2.31. The first-order valence-electron chi connectivity index (χ1n) is 3.59. The molecule has 2 nitrogen and oxygen atoms in total. The first kappa shape index (κ1) is 7.95. The molecular weight excluding hydrogens is 144 g/mol. The van der Waals surface area contributed by atoms with E-state index in [1.54, 1.807) is 6.92 Å². The monoisotopic (exact) mass is 158 g/mol. The molecule has 0 unspecified atom stereocenters. The van der Waals surface area contributed by atoms with E-state index in [9.17, 15) is 4.79 Å². The van der Waals surface area contributed by atoms with Crippen LogP contribution in [0, 0.1) is 0 Å². The van der Waals surface area contributed by atoms with Gasteiger partial charge in [-0.3, -0.25) is 4.79 Å². The topological polar surface area (TPSA) is 29.6 Å². The molecule has 0 aromatic carbocycles. The van der Waals surface area contributed by atoms with Crippen LogP contribution in [0.2, 0.25) is 19.6 Å². The van der Waals surface area contributed by atoms with Gasteiger partial charge in [-0.2, -0.15) is 0 Å². The molecule has 0 bridgehead atoms. The van der Waals surface area contributed by atoms with E-state index in [-0.39, 0.29) is 11.9 Å². The Kier molecular flexibility index (Phi) is 1.72. The number of rotatable bonds is 2. The Morgan fingerprint density at radius 1 is 1.40 bits per heavy atom. The number of ketones is 1. The van der Waals surface area contributed by atoms with Gasteiger partial charge in [0.05, 0.1) is 13.8 Å². The fourth-order valence-electron chi connectivity index (χ4n) is 1.08. The molecule has 0 aromatic heterocycles. The molecule has 58 valence electrons. The highest BCUT2D eigenvalue weighted by molar-refractivity contribution is 6.78. The minimum Gasteiger partial charge on any atom is -0.365 e. The Balaban J connectivity index is 2.46. The molecule has 1 aliphatic rings. The summed E-state index contributed by atoms with van der Waals surface area (Å²) in [6.07, 6.45) is -0.0494. The number of hydrogen-bond donors (Lipinski definition) is 0. The molecular formula is C7H14O2Si. The average Bonchev–Trinajstić information content (AvgIpc) is 2.35. The lowest BCUT2D eigenvalue weighted by molar-refractivity contribution is -0.118. The van der Waals surface area contributed by atoms with Gasteiger partial charge in [-0.05, 0) is 6.92 Å². The van der Waals surface area contributed by atoms with E-state index < -0.39 is 8.07 Å². The SMILES string of the molecule is CC(=O)[C@@H]1O[C@H]1[Si](C)(C)C. The molecule has 0 aliphatic carbocycles. The molecule has 0 spiro atoms. The Morgan fingerprint density at radius 2 is 1.90 bits per heavy atom. The molecule has 0 N–H and O–H groups in total. The summed E-state index contributed by atoms with van der Waals surface area (Å²) in [5, 5.41) is 0. The Morgan fingerprint density at radius 3 is 2.00 bits per heavy atom. The number of carbonyl (C=O) groups is 1. The van der Waals surface area contributed by atoms with Gasteiger partial charge in [0.15, 0.2) is 5.78 Å². The average molecular weight is 158 g/mol. The zero-order valence-corrected chi connectivity index (χ0v) is 7.97. The van der Waals surface area contributed by atoms with Crippen LogP contribution < -0.4 is 0 Å². The third kappa shape index (κ3) is 1.46. The minimum absolute atomic E-state index is 0.0494. The maximum Gasteiger partial charge on any atom is 0.160 e. The van der Waals surface area contributed by atoms with Crippen molar-refractivity contribution in [2.75, 3.05) is 0 Å². The normalized spacial score (nSPS) is 32.0. The fraction of sp³-hybridized carbons (Fsp3) is 0.857. The summed E-state index contributed by atoms with van der Waals surface area (Å²) in [6, 6.07) is 0. The zero-order valence-electron chi connectivity index (χ0n) is 6.97. The number of hydrogen-bond acceptors (Lipinski definition) is 2. The van der Waals surface area contributed by atoms with E-state index in [1.807, 2.05) is 0 Å². The molecule has 1 heterocycles. The smallest absolute Gasteiger partial charge is 0.160 e. The second-order valence-electron chi connectivity index (χ2n) is 3.95. The van der Waals surface area contributed by atoms with Crippen molar-refractivity contribution in [3.8, 4) is 0 Å². The van der Waals surface area contributed by atoms with Crippen molar-refractivity contribution in [1.82, 2.24) is 0 Å². The zero-order chi connectivity index (χ0) is 7.94. The summed E-state index contributed by atoms with van der Waals surface area (Å²) in [5.74, 6) is 0.187. The molecule has 10 heavy (non-hydrogen) atoms. The molecule has 1 aliphatic heterocycles. The summed E-state index contributed by atoms with van der Waals surface area (Å²) < 4.78 is 5.26. The molecule has 0 aromatic rings. The van der Waals surface area contributed by atoms with Gasteiger partial charge < -0.3 is 4.74 Å². The molecule has 1 saturated heterocycles. The first-order chi connectivity index (χ1) is 4.43. The van der Waals surface area contributed by atoms with Crippen LogP contribution in [-0.2, 0) is 9.53 Å². The van der Waals surface area contributed by atoms with Crippen LogP contribution in [0.5, 0.6) is 0 Å². The van der Waals surface area contributed by atoms with Gasteiger partial charge in [-0.1, -0.05) is 19.6 Å². The van der Waals surface area contributed by atoms with E-state index in [0.29, 0.717) is 5.73 Å². The van der Waals surface area contributed by atoms with Crippen molar-refractivity contribution in [3.05, 3.63) is 0 Å². The lowest BCUT2D eigenvalue weighted by atomic mass is 10.3. The van der Waals surface area contributed by atoms with Crippen LogP contribution in [0.4, 0.5) is 0 Å². The van der Waals surface area contributed by atoms with Crippen LogP contribution >= 0.6 is 0 Å². The third-order valence-corrected chi connectivity index (χ3v) is 3.89. The molecule has 1 rings (SSSR count). The largest absolute Gasteiger partial charge is 0.365 e. The second kappa shape index (κ2) is 2.17. The summed E-state index contributed by atoms with van der Waals surface area (Å²) in [7, 11) is -1.19. The second-order valence-corrected chi connectivity index (χ2v) is 9.26. The van der Waals surface area contributed by atoms with Gasteiger partial charge in [0.2, 0.25) is 0 Å². The number of Topliss-reactive ketones (excluding diaryl/α,β-unsaturated/α-hetero) is 1. The molecule has 2 atom stereocenters. The fourth-order valence-corrected chi connectivity index (χ4v) is 2.78. The van der Waals surface area contributed by atoms with Crippen molar-refractivity contribution in [2.24, 2.45) is 0 Å². The summed E-state index contributed by atoms with van der Waals surface area (Å²) in [4.78, 5) is 10.8. The van der Waals surface area contributed by atoms with Crippen LogP contribution in [0.1, 0.15) is 6.92 Å². The van der Waals surface area contributed by atoms with Gasteiger partial charge in [0.25, 0.3) is 0 Å². The molecule has 3 heteroatoms. The van der Waals surface area contributed by atoms with Gasteiger partial charge in [-0.15, -0.1) is 0 Å². The van der Waals surface area contributed by atoms with Crippen LogP contribution in [0.25, 0.3) is 0 Å². The third-order valence-electron chi connectivity index (χ3n) is 1.75. The van der Waals surface area contributed by atoms with Crippen LogP contribution in [-0.4, -0.2) is 25.7 Å². The highest BCUT2D eigenvalue weighted by atomic mass is 28.3. The van der Waals surface area contributed by atoms with E-state index in [1.165, 1.54) is 0 Å². The van der Waals surface area contributed by atoms with Crippen molar-refractivity contribution >= 4 is 13.9 Å². The predicted molar refractivity (Wildman–Crippen MR) is 42.7 cm³/mol. The van der Waals surface area contributed by atoms with Gasteiger partial charge in [0.1, 0.15) is 6.10 Å². The lowest BCUT2D eigenvalue weighted by Gasteiger charge is -2.10. The molecule has 0 radical (unpaired) electrons.